The zero-order valence-electron chi connectivity index (χ0n) is 14.7. The highest BCUT2D eigenvalue weighted by Crippen LogP contribution is 2.28. The molecule has 0 spiro atoms. The number of rotatable bonds is 8. The van der Waals surface area contributed by atoms with Crippen LogP contribution in [0.3, 0.4) is 0 Å². The van der Waals surface area contributed by atoms with E-state index in [1.165, 1.54) is 6.07 Å². The number of esters is 1. The number of hydrogen-bond donors (Lipinski definition) is 3. The Morgan fingerprint density at radius 3 is 2.50 bits per heavy atom. The summed E-state index contributed by atoms with van der Waals surface area (Å²) in [5.74, 6) is -5.32. The average Bonchev–Trinajstić information content (AvgIpc) is 2.67. The predicted octanol–water partition coefficient (Wildman–Crippen LogP) is 2.68. The fraction of sp³-hybridized carbons (Fsp3) is 0.222. The lowest BCUT2D eigenvalue weighted by atomic mass is 10.1. The minimum absolute atomic E-state index is 0.0695. The van der Waals surface area contributed by atoms with Crippen LogP contribution in [0.2, 0.25) is 0 Å². The van der Waals surface area contributed by atoms with Crippen LogP contribution in [-0.4, -0.2) is 36.8 Å². The first-order valence-electron chi connectivity index (χ1n) is 8.13. The van der Waals surface area contributed by atoms with E-state index in [2.05, 4.69) is 10.2 Å². The highest BCUT2D eigenvalue weighted by Gasteiger charge is 2.21. The number of hydrogen-bond acceptors (Lipinski definition) is 6. The summed E-state index contributed by atoms with van der Waals surface area (Å²) in [6.45, 7) is 1.10. The zero-order chi connectivity index (χ0) is 20.7. The first-order valence-corrected chi connectivity index (χ1v) is 8.13. The maximum atomic E-state index is 14.3. The van der Waals surface area contributed by atoms with Crippen molar-refractivity contribution in [2.45, 2.75) is 6.92 Å². The SMILES string of the molecule is CCOC(=O)c1ccc(Nc2c(C(=O)NOCCO)ccc(F)c2F)c(F)c1. The molecule has 0 aliphatic heterocycles. The molecule has 0 aliphatic carbocycles. The van der Waals surface area contributed by atoms with Crippen molar-refractivity contribution in [3.63, 3.8) is 0 Å². The monoisotopic (exact) mass is 398 g/mol. The lowest BCUT2D eigenvalue weighted by molar-refractivity contribution is 0.0168. The smallest absolute Gasteiger partial charge is 0.338 e. The second kappa shape index (κ2) is 9.72. The van der Waals surface area contributed by atoms with Crippen molar-refractivity contribution in [1.29, 1.82) is 0 Å². The Balaban J connectivity index is 2.33. The van der Waals surface area contributed by atoms with Gasteiger partial charge in [0.05, 0.1) is 42.3 Å². The predicted molar refractivity (Wildman–Crippen MR) is 92.5 cm³/mol. The Bertz CT molecular complexity index is 877. The molecule has 0 saturated heterocycles. The normalized spacial score (nSPS) is 10.5. The third-order valence-corrected chi connectivity index (χ3v) is 3.44. The molecular weight excluding hydrogens is 381 g/mol. The Morgan fingerprint density at radius 1 is 1.11 bits per heavy atom. The number of aliphatic hydroxyl groups is 1. The second-order valence-corrected chi connectivity index (χ2v) is 5.33. The summed E-state index contributed by atoms with van der Waals surface area (Å²) < 4.78 is 46.9. The Labute approximate surface area is 158 Å². The number of anilines is 2. The van der Waals surface area contributed by atoms with Crippen molar-refractivity contribution in [1.82, 2.24) is 5.48 Å². The maximum absolute atomic E-state index is 14.3. The summed E-state index contributed by atoms with van der Waals surface area (Å²) in [5.41, 5.74) is 0.569. The zero-order valence-corrected chi connectivity index (χ0v) is 14.7. The van der Waals surface area contributed by atoms with Gasteiger partial charge in [0, 0.05) is 0 Å². The molecule has 0 aliphatic rings. The van der Waals surface area contributed by atoms with Crippen molar-refractivity contribution in [3.8, 4) is 0 Å². The van der Waals surface area contributed by atoms with Crippen molar-refractivity contribution >= 4 is 23.3 Å². The first-order chi connectivity index (χ1) is 13.4. The maximum Gasteiger partial charge on any atom is 0.338 e. The summed E-state index contributed by atoms with van der Waals surface area (Å²) >= 11 is 0. The quantitative estimate of drug-likeness (QED) is 0.359. The van der Waals surface area contributed by atoms with Crippen LogP contribution >= 0.6 is 0 Å². The third-order valence-electron chi connectivity index (χ3n) is 3.44. The van der Waals surface area contributed by atoms with E-state index in [0.29, 0.717) is 0 Å². The molecular formula is C18H17F3N2O5. The van der Waals surface area contributed by atoms with Gasteiger partial charge < -0.3 is 15.2 Å². The summed E-state index contributed by atoms with van der Waals surface area (Å²) in [6.07, 6.45) is 0. The summed E-state index contributed by atoms with van der Waals surface area (Å²) in [7, 11) is 0. The number of ether oxygens (including phenoxy) is 1. The molecule has 0 radical (unpaired) electrons. The molecule has 0 fully saturated rings. The van der Waals surface area contributed by atoms with Gasteiger partial charge in [0.15, 0.2) is 11.6 Å². The lowest BCUT2D eigenvalue weighted by Gasteiger charge is -2.14. The van der Waals surface area contributed by atoms with Crippen LogP contribution in [0.1, 0.15) is 27.6 Å². The third kappa shape index (κ3) is 4.99. The highest BCUT2D eigenvalue weighted by atomic mass is 19.2. The van der Waals surface area contributed by atoms with E-state index < -0.39 is 35.0 Å². The van der Waals surface area contributed by atoms with Crippen LogP contribution in [0.5, 0.6) is 0 Å². The Hall–Kier alpha value is -3.11. The number of carbonyl (C=O) groups excluding carboxylic acids is 2. The van der Waals surface area contributed by atoms with Gasteiger partial charge in [0.25, 0.3) is 5.91 Å². The molecule has 3 N–H and O–H groups in total. The minimum atomic E-state index is -1.41. The molecule has 2 rings (SSSR count). The van der Waals surface area contributed by atoms with Crippen molar-refractivity contribution in [2.24, 2.45) is 0 Å². The molecule has 0 aromatic heterocycles. The van der Waals surface area contributed by atoms with Crippen LogP contribution in [0.15, 0.2) is 30.3 Å². The van der Waals surface area contributed by atoms with Crippen LogP contribution in [0.4, 0.5) is 24.5 Å². The molecule has 150 valence electrons. The van der Waals surface area contributed by atoms with Crippen molar-refractivity contribution < 1.29 is 37.4 Å². The molecule has 0 unspecified atom stereocenters. The van der Waals surface area contributed by atoms with Crippen LogP contribution in [0, 0.1) is 17.5 Å². The Morgan fingerprint density at radius 2 is 1.86 bits per heavy atom. The van der Waals surface area contributed by atoms with Gasteiger partial charge in [-0.1, -0.05) is 0 Å². The number of benzene rings is 2. The fourth-order valence-corrected chi connectivity index (χ4v) is 2.17. The van der Waals surface area contributed by atoms with Crippen LogP contribution in [0.25, 0.3) is 0 Å². The van der Waals surface area contributed by atoms with Crippen LogP contribution in [-0.2, 0) is 9.57 Å². The van der Waals surface area contributed by atoms with Gasteiger partial charge in [-0.3, -0.25) is 9.63 Å². The van der Waals surface area contributed by atoms with E-state index in [0.717, 1.165) is 24.3 Å². The molecule has 0 saturated carbocycles. The molecule has 7 nitrogen and oxygen atoms in total. The van der Waals surface area contributed by atoms with E-state index in [-0.39, 0.29) is 36.6 Å². The van der Waals surface area contributed by atoms with E-state index in [1.54, 1.807) is 6.92 Å². The van der Waals surface area contributed by atoms with E-state index in [9.17, 15) is 22.8 Å². The molecule has 2 aromatic rings. The van der Waals surface area contributed by atoms with Gasteiger partial charge in [0.2, 0.25) is 0 Å². The topological polar surface area (TPSA) is 96.9 Å². The van der Waals surface area contributed by atoms with E-state index in [1.807, 2.05) is 5.48 Å². The summed E-state index contributed by atoms with van der Waals surface area (Å²) in [6, 6.07) is 4.91. The minimum Gasteiger partial charge on any atom is -0.462 e. The summed E-state index contributed by atoms with van der Waals surface area (Å²) in [5, 5.41) is 10.9. The van der Waals surface area contributed by atoms with Gasteiger partial charge in [-0.05, 0) is 37.3 Å². The highest BCUT2D eigenvalue weighted by molar-refractivity contribution is 6.00. The largest absolute Gasteiger partial charge is 0.462 e. The second-order valence-electron chi connectivity index (χ2n) is 5.33. The standard InChI is InChI=1S/C18H17F3N2O5/c1-2-27-18(26)10-3-6-14(13(20)9-10)22-16-11(4-5-12(19)15(16)21)17(25)23-28-8-7-24/h3-6,9,22,24H,2,7-8H2,1H3,(H,23,25). The molecule has 2 aromatic carbocycles. The number of amides is 1. The first kappa shape index (κ1) is 21.2. The summed E-state index contributed by atoms with van der Waals surface area (Å²) in [4.78, 5) is 28.4. The Kier molecular flexibility index (Phi) is 7.36. The molecule has 28 heavy (non-hydrogen) atoms. The van der Waals surface area contributed by atoms with Gasteiger partial charge >= 0.3 is 5.97 Å². The molecule has 0 heterocycles. The molecule has 1 amide bonds. The molecule has 0 bridgehead atoms. The number of nitrogens with one attached hydrogen (secondary N) is 2. The van der Waals surface area contributed by atoms with Crippen molar-refractivity contribution in [2.75, 3.05) is 25.1 Å². The number of hydroxylamine groups is 1. The van der Waals surface area contributed by atoms with Gasteiger partial charge in [0.1, 0.15) is 5.82 Å². The number of aliphatic hydroxyl groups excluding tert-OH is 1. The van der Waals surface area contributed by atoms with Gasteiger partial charge in [-0.25, -0.2) is 23.4 Å². The average molecular weight is 398 g/mol. The fourth-order valence-electron chi connectivity index (χ4n) is 2.17. The van der Waals surface area contributed by atoms with E-state index in [4.69, 9.17) is 9.84 Å². The van der Waals surface area contributed by atoms with Gasteiger partial charge in [-0.15, -0.1) is 0 Å². The number of carbonyl (C=O) groups is 2. The number of halogens is 3. The lowest BCUT2D eigenvalue weighted by Crippen LogP contribution is -2.26. The molecule has 10 heteroatoms. The molecule has 0 atom stereocenters. The van der Waals surface area contributed by atoms with Gasteiger partial charge in [-0.2, -0.15) is 0 Å². The van der Waals surface area contributed by atoms with Crippen molar-refractivity contribution in [3.05, 3.63) is 58.9 Å². The van der Waals surface area contributed by atoms with Crippen LogP contribution < -0.4 is 10.8 Å². The van der Waals surface area contributed by atoms with E-state index >= 15 is 0 Å².